The van der Waals surface area contributed by atoms with Crippen LogP contribution in [-0.2, 0) is 31.9 Å². The summed E-state index contributed by atoms with van der Waals surface area (Å²) < 4.78 is 28.2. The Morgan fingerprint density at radius 3 is 2.27 bits per heavy atom. The third kappa shape index (κ3) is 8.95. The summed E-state index contributed by atoms with van der Waals surface area (Å²) in [4.78, 5) is 14.3. The molecule has 0 bridgehead atoms. The molecule has 10 aromatic rings. The summed E-state index contributed by atoms with van der Waals surface area (Å²) in [5.74, 6) is 7.40. The molecule has 0 saturated heterocycles. The molecule has 0 amide bonds. The summed E-state index contributed by atoms with van der Waals surface area (Å²) in [6.07, 6.45) is 0.392. The average molecular weight is 1060 g/mol. The van der Waals surface area contributed by atoms with Crippen molar-refractivity contribution in [1.82, 2.24) is 19.5 Å². The monoisotopic (exact) mass is 1070 g/mol. The molecule has 0 aliphatic carbocycles. The van der Waals surface area contributed by atoms with Crippen LogP contribution in [0.1, 0.15) is 58.7 Å². The van der Waals surface area contributed by atoms with Crippen LogP contribution in [0.3, 0.4) is 0 Å². The summed E-state index contributed by atoms with van der Waals surface area (Å²) in [6.45, 7) is 10.7. The van der Waals surface area contributed by atoms with E-state index in [1.54, 1.807) is 0 Å². The summed E-state index contributed by atoms with van der Waals surface area (Å²) >= 11 is -2.38. The first-order valence-electron chi connectivity index (χ1n) is 22.3. The van der Waals surface area contributed by atoms with Crippen LogP contribution < -0.4 is 4.40 Å². The maximum atomic E-state index is 9.32. The van der Waals surface area contributed by atoms with Crippen molar-refractivity contribution in [2.75, 3.05) is 0 Å². The first-order valence-corrected chi connectivity index (χ1v) is 28.7. The van der Waals surface area contributed by atoms with Gasteiger partial charge in [0.1, 0.15) is 0 Å². The summed E-state index contributed by atoms with van der Waals surface area (Å²) in [7, 11) is 0. The number of hydrogen-bond acceptors (Lipinski definition) is 4. The first kappa shape index (κ1) is 41.4. The van der Waals surface area contributed by atoms with Gasteiger partial charge in [-0.05, 0) is 54.3 Å². The molecular weight excluding hydrogens is 1010 g/mol. The van der Waals surface area contributed by atoms with Gasteiger partial charge in [-0.15, -0.1) is 18.2 Å². The number of fused-ring (bicyclic) bond motifs is 5. The molecule has 1 radical (unpaired) electrons. The van der Waals surface area contributed by atoms with Crippen molar-refractivity contribution in [1.29, 1.82) is 0 Å². The van der Waals surface area contributed by atoms with E-state index in [9.17, 15) is 2.74 Å². The van der Waals surface area contributed by atoms with E-state index in [0.717, 1.165) is 87.7 Å². The third-order valence-electron chi connectivity index (χ3n) is 11.6. The van der Waals surface area contributed by atoms with Gasteiger partial charge < -0.3 is 8.98 Å². The molecule has 5 nitrogen and oxygen atoms in total. The summed E-state index contributed by atoms with van der Waals surface area (Å²) in [5, 5.41) is 4.28. The van der Waals surface area contributed by atoms with Gasteiger partial charge in [0.05, 0.1) is 22.4 Å². The Morgan fingerprint density at radius 2 is 1.51 bits per heavy atom. The molecule has 0 aliphatic rings. The van der Waals surface area contributed by atoms with Crippen LogP contribution in [0.25, 0.3) is 72.2 Å². The van der Waals surface area contributed by atoms with Gasteiger partial charge in [-0.2, -0.15) is 0 Å². The molecule has 63 heavy (non-hydrogen) atoms. The number of rotatable bonds is 7. The largest absolute Gasteiger partial charge is 0 e. The molecule has 0 spiro atoms. The zero-order chi connectivity index (χ0) is 45.0. The molecule has 0 N–H and O–H groups in total. The number of imidazole rings is 1. The Labute approximate surface area is 390 Å². The van der Waals surface area contributed by atoms with Crippen LogP contribution in [0.4, 0.5) is 0 Å². The second kappa shape index (κ2) is 17.8. The van der Waals surface area contributed by atoms with E-state index in [4.69, 9.17) is 14.4 Å². The first-order chi connectivity index (χ1) is 30.6. The van der Waals surface area contributed by atoms with Gasteiger partial charge in [0.25, 0.3) is 0 Å². The van der Waals surface area contributed by atoms with Crippen molar-refractivity contribution in [3.05, 3.63) is 186 Å². The SMILES string of the molecule is Cc1ccc2c(n1)oc1c(-c3nc4ccccc4n3-c3ccc(C(C)(C)C)cc3)[c-]ccc12.[2H]C([2H])(c1cc(-c2[c-]cccc2)nc[c]1[Ge]([CH3])([CH3])[CH3])C(C)c1cccc2ccccc12.[Ir]. The van der Waals surface area contributed by atoms with Gasteiger partial charge in [-0.25, -0.2) is 4.98 Å². The van der Waals surface area contributed by atoms with Crippen molar-refractivity contribution >= 4 is 61.5 Å². The number of pyridine rings is 2. The molecule has 1 unspecified atom stereocenters. The quantitative estimate of drug-likeness (QED) is 0.118. The van der Waals surface area contributed by atoms with Crippen molar-refractivity contribution in [2.45, 2.75) is 69.6 Å². The summed E-state index contributed by atoms with van der Waals surface area (Å²) in [6, 6.07) is 55.8. The Bertz CT molecular complexity index is 3310. The Balaban J connectivity index is 0.000000175. The molecule has 6 aromatic carbocycles. The molecule has 4 aromatic heterocycles. The number of aromatic nitrogens is 4. The van der Waals surface area contributed by atoms with Crippen LogP contribution in [0.15, 0.2) is 156 Å². The molecule has 0 fully saturated rings. The Morgan fingerprint density at radius 1 is 0.762 bits per heavy atom. The molecular formula is C56H52GeIrN4O-2. The molecule has 7 heteroatoms. The van der Waals surface area contributed by atoms with E-state index in [1.807, 2.05) is 105 Å². The topological polar surface area (TPSA) is 56.7 Å². The Hall–Kier alpha value is -5.66. The predicted molar refractivity (Wildman–Crippen MR) is 261 cm³/mol. The van der Waals surface area contributed by atoms with Gasteiger partial charge in [0.2, 0.25) is 5.71 Å². The van der Waals surface area contributed by atoms with E-state index in [2.05, 4.69) is 120 Å². The van der Waals surface area contributed by atoms with Crippen LogP contribution >= 0.6 is 0 Å². The van der Waals surface area contributed by atoms with E-state index in [0.29, 0.717) is 5.71 Å². The zero-order valence-electron chi connectivity index (χ0n) is 39.0. The van der Waals surface area contributed by atoms with Gasteiger partial charge in [-0.1, -0.05) is 56.0 Å². The van der Waals surface area contributed by atoms with Crippen molar-refractivity contribution in [2.24, 2.45) is 0 Å². The Kier molecular flexibility index (Phi) is 11.7. The number of aryl methyl sites for hydroxylation is 1. The molecule has 10 rings (SSSR count). The van der Waals surface area contributed by atoms with Gasteiger partial charge >= 0.3 is 180 Å². The fraction of sp³-hybridized carbons (Fsp3) is 0.196. The number of para-hydroxylation sites is 2. The van der Waals surface area contributed by atoms with E-state index in [1.165, 1.54) is 5.56 Å². The number of nitrogens with zero attached hydrogens (tertiary/aromatic N) is 4. The maximum Gasteiger partial charge on any atom is 0 e. The van der Waals surface area contributed by atoms with Crippen molar-refractivity contribution in [3.63, 3.8) is 0 Å². The maximum absolute atomic E-state index is 9.32. The molecule has 0 aliphatic heterocycles. The van der Waals surface area contributed by atoms with E-state index in [-0.39, 0.29) is 31.4 Å². The molecule has 1 atom stereocenters. The number of hydrogen-bond donors (Lipinski definition) is 0. The van der Waals surface area contributed by atoms with Crippen LogP contribution in [0, 0.1) is 19.1 Å². The number of furan rings is 1. The molecule has 4 heterocycles. The molecule has 317 valence electrons. The second-order valence-corrected chi connectivity index (χ2v) is 28.7. The van der Waals surface area contributed by atoms with Gasteiger partial charge in [0, 0.05) is 36.9 Å². The van der Waals surface area contributed by atoms with Crippen LogP contribution in [-0.4, -0.2) is 32.8 Å². The van der Waals surface area contributed by atoms with Crippen molar-refractivity contribution < 1.29 is 27.3 Å². The van der Waals surface area contributed by atoms with Crippen LogP contribution in [0.5, 0.6) is 0 Å². The second-order valence-electron chi connectivity index (χ2n) is 18.1. The van der Waals surface area contributed by atoms with Crippen LogP contribution in [0.2, 0.25) is 17.3 Å². The predicted octanol–water partition coefficient (Wildman–Crippen LogP) is 14.0. The van der Waals surface area contributed by atoms with Gasteiger partial charge in [-0.3, -0.25) is 4.98 Å². The fourth-order valence-electron chi connectivity index (χ4n) is 8.26. The minimum atomic E-state index is -2.38. The smallest absolute Gasteiger partial charge is 0 e. The van der Waals surface area contributed by atoms with E-state index >= 15 is 0 Å². The fourth-order valence-corrected chi connectivity index (χ4v) is 11.2. The zero-order valence-corrected chi connectivity index (χ0v) is 41.5. The standard InChI is InChI=1S/C29H24N3O.C27H28GeN.Ir/c1-18-12-17-22-21-8-7-9-23(26(21)33-28(22)30-18)27-31-24-10-5-6-11-25(24)32(27)20-15-13-19(14-16-20)29(2,3)4;1-20(24-16-10-14-21-11-8-9-15-25(21)24)17-23-18-27(22-12-6-5-7-13-22)29-19-26(23)28(2,3)4;/h5-8,10-17H,1-4H3;5-12,14-16,18-20H,17H2,1-4H3;/q2*-1;/i;17D2;. The van der Waals surface area contributed by atoms with Crippen molar-refractivity contribution in [3.8, 4) is 28.3 Å². The normalized spacial score (nSPS) is 13.0. The van der Waals surface area contributed by atoms with Gasteiger partial charge in [0.15, 0.2) is 0 Å². The van der Waals surface area contributed by atoms with E-state index < -0.39 is 19.6 Å². The average Bonchev–Trinajstić information content (AvgIpc) is 3.87. The number of benzene rings is 6. The minimum Gasteiger partial charge on any atom is 0 e. The summed E-state index contributed by atoms with van der Waals surface area (Å²) in [5.41, 5.74) is 11.1. The third-order valence-corrected chi connectivity index (χ3v) is 15.8. The molecule has 0 saturated carbocycles. The minimum absolute atomic E-state index is 0.